The third kappa shape index (κ3) is 1.69. The van der Waals surface area contributed by atoms with E-state index in [9.17, 15) is 4.39 Å². The van der Waals surface area contributed by atoms with Crippen molar-refractivity contribution in [1.29, 1.82) is 0 Å². The SMILES string of the molecule is Fc1ccc2c(c1)NCC1Cc3ccccc3CN21. The molecule has 2 aliphatic rings. The number of fused-ring (bicyclic) bond motifs is 4. The third-order valence-electron chi connectivity index (χ3n) is 4.15. The third-order valence-corrected chi connectivity index (χ3v) is 4.15. The van der Waals surface area contributed by atoms with Crippen molar-refractivity contribution in [2.75, 3.05) is 16.8 Å². The zero-order valence-electron chi connectivity index (χ0n) is 10.6. The molecule has 2 aromatic rings. The van der Waals surface area contributed by atoms with Crippen LogP contribution in [0, 0.1) is 5.82 Å². The standard InChI is InChI=1S/C16H15FN2/c17-13-5-6-16-15(8-13)18-9-14-7-11-3-1-2-4-12(11)10-19(14)16/h1-6,8,14,18H,7,9-10H2. The second kappa shape index (κ2) is 3.98. The Kier molecular flexibility index (Phi) is 2.28. The lowest BCUT2D eigenvalue weighted by Gasteiger charge is -2.43. The van der Waals surface area contributed by atoms with Gasteiger partial charge in [0.05, 0.1) is 17.4 Å². The van der Waals surface area contributed by atoms with Crippen molar-refractivity contribution in [2.24, 2.45) is 0 Å². The van der Waals surface area contributed by atoms with Crippen LogP contribution in [0.3, 0.4) is 0 Å². The molecule has 0 fully saturated rings. The van der Waals surface area contributed by atoms with Crippen LogP contribution in [0.15, 0.2) is 42.5 Å². The van der Waals surface area contributed by atoms with Gasteiger partial charge < -0.3 is 10.2 Å². The molecule has 0 spiro atoms. The molecule has 1 N–H and O–H groups in total. The Balaban J connectivity index is 1.78. The molecule has 0 amide bonds. The van der Waals surface area contributed by atoms with E-state index in [0.29, 0.717) is 6.04 Å². The summed E-state index contributed by atoms with van der Waals surface area (Å²) in [6.07, 6.45) is 1.06. The first-order valence-electron chi connectivity index (χ1n) is 6.68. The molecule has 0 saturated heterocycles. The van der Waals surface area contributed by atoms with Crippen LogP contribution in [0.25, 0.3) is 0 Å². The highest BCUT2D eigenvalue weighted by Gasteiger charge is 2.30. The molecule has 1 unspecified atom stereocenters. The highest BCUT2D eigenvalue weighted by atomic mass is 19.1. The lowest BCUT2D eigenvalue weighted by molar-refractivity contribution is 0.559. The van der Waals surface area contributed by atoms with E-state index < -0.39 is 0 Å². The number of nitrogens with zero attached hydrogens (tertiary/aromatic N) is 1. The van der Waals surface area contributed by atoms with Crippen LogP contribution >= 0.6 is 0 Å². The molecular weight excluding hydrogens is 239 g/mol. The lowest BCUT2D eigenvalue weighted by Crippen LogP contribution is -2.47. The van der Waals surface area contributed by atoms with Crippen molar-refractivity contribution in [1.82, 2.24) is 0 Å². The molecular formula is C16H15FN2. The van der Waals surface area contributed by atoms with E-state index >= 15 is 0 Å². The quantitative estimate of drug-likeness (QED) is 0.776. The van der Waals surface area contributed by atoms with Gasteiger partial charge in [-0.25, -0.2) is 4.39 Å². The second-order valence-electron chi connectivity index (χ2n) is 5.30. The molecule has 3 heteroatoms. The van der Waals surface area contributed by atoms with Crippen LogP contribution < -0.4 is 10.2 Å². The maximum atomic E-state index is 13.3. The van der Waals surface area contributed by atoms with E-state index in [1.165, 1.54) is 11.1 Å². The van der Waals surface area contributed by atoms with Crippen molar-refractivity contribution in [3.05, 3.63) is 59.4 Å². The predicted octanol–water partition coefficient (Wildman–Crippen LogP) is 3.18. The monoisotopic (exact) mass is 254 g/mol. The van der Waals surface area contributed by atoms with E-state index in [1.807, 2.05) is 6.07 Å². The Labute approximate surface area is 111 Å². The maximum Gasteiger partial charge on any atom is 0.125 e. The van der Waals surface area contributed by atoms with Gasteiger partial charge in [0.25, 0.3) is 0 Å². The van der Waals surface area contributed by atoms with E-state index in [4.69, 9.17) is 0 Å². The highest BCUT2D eigenvalue weighted by molar-refractivity contribution is 5.73. The van der Waals surface area contributed by atoms with Gasteiger partial charge in [0.2, 0.25) is 0 Å². The summed E-state index contributed by atoms with van der Waals surface area (Å²) in [5.41, 5.74) is 4.86. The summed E-state index contributed by atoms with van der Waals surface area (Å²) in [6.45, 7) is 1.80. The van der Waals surface area contributed by atoms with Crippen LogP contribution in [-0.2, 0) is 13.0 Å². The largest absolute Gasteiger partial charge is 0.381 e. The van der Waals surface area contributed by atoms with E-state index in [-0.39, 0.29) is 5.82 Å². The average molecular weight is 254 g/mol. The summed E-state index contributed by atoms with van der Waals surface area (Å²) in [6, 6.07) is 14.1. The number of anilines is 2. The van der Waals surface area contributed by atoms with Crippen LogP contribution in [0.4, 0.5) is 15.8 Å². The molecule has 2 heterocycles. The van der Waals surface area contributed by atoms with Gasteiger partial charge in [0, 0.05) is 13.1 Å². The average Bonchev–Trinajstić information content (AvgIpc) is 2.44. The van der Waals surface area contributed by atoms with Gasteiger partial charge in [-0.15, -0.1) is 0 Å². The van der Waals surface area contributed by atoms with Gasteiger partial charge >= 0.3 is 0 Å². The van der Waals surface area contributed by atoms with Gasteiger partial charge in [0.1, 0.15) is 5.82 Å². The molecule has 0 aromatic heterocycles. The van der Waals surface area contributed by atoms with E-state index in [2.05, 4.69) is 34.5 Å². The van der Waals surface area contributed by atoms with Gasteiger partial charge in [0.15, 0.2) is 0 Å². The van der Waals surface area contributed by atoms with Crippen molar-refractivity contribution < 1.29 is 4.39 Å². The van der Waals surface area contributed by atoms with Gasteiger partial charge in [-0.1, -0.05) is 24.3 Å². The normalized spacial score (nSPS) is 20.1. The molecule has 0 bridgehead atoms. The number of halogens is 1. The molecule has 1 atom stereocenters. The number of hydrogen-bond acceptors (Lipinski definition) is 2. The van der Waals surface area contributed by atoms with Crippen LogP contribution in [0.2, 0.25) is 0 Å². The second-order valence-corrected chi connectivity index (χ2v) is 5.30. The minimum Gasteiger partial charge on any atom is -0.381 e. The minimum absolute atomic E-state index is 0.179. The van der Waals surface area contributed by atoms with Crippen molar-refractivity contribution in [3.63, 3.8) is 0 Å². The summed E-state index contributed by atoms with van der Waals surface area (Å²) in [4.78, 5) is 2.40. The zero-order valence-corrected chi connectivity index (χ0v) is 10.6. The minimum atomic E-state index is -0.179. The fraction of sp³-hybridized carbons (Fsp3) is 0.250. The van der Waals surface area contributed by atoms with Crippen LogP contribution in [-0.4, -0.2) is 12.6 Å². The number of nitrogens with one attached hydrogen (secondary N) is 1. The summed E-state index contributed by atoms with van der Waals surface area (Å²) >= 11 is 0. The number of rotatable bonds is 0. The van der Waals surface area contributed by atoms with E-state index in [0.717, 1.165) is 30.9 Å². The Morgan fingerprint density at radius 3 is 2.84 bits per heavy atom. The molecule has 19 heavy (non-hydrogen) atoms. The van der Waals surface area contributed by atoms with Crippen molar-refractivity contribution in [3.8, 4) is 0 Å². The highest BCUT2D eigenvalue weighted by Crippen LogP contribution is 2.37. The Morgan fingerprint density at radius 1 is 1.11 bits per heavy atom. The van der Waals surface area contributed by atoms with Crippen LogP contribution in [0.5, 0.6) is 0 Å². The van der Waals surface area contributed by atoms with E-state index in [1.54, 1.807) is 12.1 Å². The lowest BCUT2D eigenvalue weighted by atomic mass is 9.92. The summed E-state index contributed by atoms with van der Waals surface area (Å²) in [5, 5.41) is 3.35. The predicted molar refractivity (Wildman–Crippen MR) is 75.0 cm³/mol. The fourth-order valence-corrected chi connectivity index (χ4v) is 3.18. The first kappa shape index (κ1) is 10.9. The summed E-state index contributed by atoms with van der Waals surface area (Å²) in [5.74, 6) is -0.179. The Hall–Kier alpha value is -2.03. The van der Waals surface area contributed by atoms with Crippen LogP contribution in [0.1, 0.15) is 11.1 Å². The molecule has 96 valence electrons. The molecule has 2 aliphatic heterocycles. The fourth-order valence-electron chi connectivity index (χ4n) is 3.18. The topological polar surface area (TPSA) is 15.3 Å². The van der Waals surface area contributed by atoms with Crippen molar-refractivity contribution >= 4 is 11.4 Å². The number of benzene rings is 2. The smallest absolute Gasteiger partial charge is 0.125 e. The molecule has 0 saturated carbocycles. The maximum absolute atomic E-state index is 13.3. The number of hydrogen-bond donors (Lipinski definition) is 1. The van der Waals surface area contributed by atoms with Crippen molar-refractivity contribution in [2.45, 2.75) is 19.0 Å². The first-order valence-corrected chi connectivity index (χ1v) is 6.68. The van der Waals surface area contributed by atoms with Gasteiger partial charge in [-0.05, 0) is 35.7 Å². The molecule has 0 aliphatic carbocycles. The molecule has 2 nitrogen and oxygen atoms in total. The van der Waals surface area contributed by atoms with Gasteiger partial charge in [-0.2, -0.15) is 0 Å². The zero-order chi connectivity index (χ0) is 12.8. The summed E-state index contributed by atoms with van der Waals surface area (Å²) < 4.78 is 13.3. The Bertz CT molecular complexity index is 638. The van der Waals surface area contributed by atoms with Gasteiger partial charge in [-0.3, -0.25) is 0 Å². The molecule has 0 radical (unpaired) electrons. The first-order chi connectivity index (χ1) is 9.31. The summed E-state index contributed by atoms with van der Waals surface area (Å²) in [7, 11) is 0. The molecule has 2 aromatic carbocycles. The Morgan fingerprint density at radius 2 is 1.95 bits per heavy atom. The molecule has 4 rings (SSSR count).